The Kier molecular flexibility index (Phi) is 5.34. The topological polar surface area (TPSA) is 54.3 Å². The molecule has 0 unspecified atom stereocenters. The second-order valence-corrected chi connectivity index (χ2v) is 7.61. The zero-order valence-electron chi connectivity index (χ0n) is 16.1. The van der Waals surface area contributed by atoms with E-state index >= 15 is 0 Å². The monoisotopic (exact) mass is 393 g/mol. The van der Waals surface area contributed by atoms with Crippen molar-refractivity contribution >= 4 is 23.5 Å². The summed E-state index contributed by atoms with van der Waals surface area (Å²) in [5, 5.41) is 0. The van der Waals surface area contributed by atoms with Crippen molar-refractivity contribution in [3.63, 3.8) is 0 Å². The summed E-state index contributed by atoms with van der Waals surface area (Å²) in [5.41, 5.74) is 0.749. The van der Waals surface area contributed by atoms with Gasteiger partial charge in [-0.3, -0.25) is 4.79 Å². The Morgan fingerprint density at radius 1 is 0.964 bits per heavy atom. The summed E-state index contributed by atoms with van der Waals surface area (Å²) >= 11 is 1.68. The van der Waals surface area contributed by atoms with E-state index in [1.807, 2.05) is 77.5 Å². The van der Waals surface area contributed by atoms with E-state index in [1.54, 1.807) is 11.8 Å². The van der Waals surface area contributed by atoms with Crippen LogP contribution in [0, 0.1) is 6.92 Å². The molecule has 7 heteroatoms. The van der Waals surface area contributed by atoms with Crippen molar-refractivity contribution in [2.45, 2.75) is 11.8 Å². The van der Waals surface area contributed by atoms with E-state index in [9.17, 15) is 4.79 Å². The highest BCUT2D eigenvalue weighted by Crippen LogP contribution is 2.20. The lowest BCUT2D eigenvalue weighted by atomic mass is 10.2. The molecule has 1 fully saturated rings. The third kappa shape index (κ3) is 3.89. The van der Waals surface area contributed by atoms with E-state index < -0.39 is 0 Å². The zero-order valence-corrected chi connectivity index (χ0v) is 16.9. The van der Waals surface area contributed by atoms with Gasteiger partial charge in [0.25, 0.3) is 5.91 Å². The van der Waals surface area contributed by atoms with Gasteiger partial charge in [0.05, 0.1) is 0 Å². The van der Waals surface area contributed by atoms with Crippen LogP contribution in [0.4, 0.5) is 5.82 Å². The minimum atomic E-state index is 0.0965. The van der Waals surface area contributed by atoms with Gasteiger partial charge in [-0.2, -0.15) is 0 Å². The van der Waals surface area contributed by atoms with E-state index in [0.29, 0.717) is 13.1 Å². The molecule has 0 aliphatic carbocycles. The first-order valence-electron chi connectivity index (χ1n) is 9.31. The number of benzene rings is 1. The smallest absolute Gasteiger partial charge is 0.253 e. The first-order chi connectivity index (χ1) is 13.6. The van der Waals surface area contributed by atoms with Gasteiger partial charge in [0.2, 0.25) is 0 Å². The minimum absolute atomic E-state index is 0.0965. The third-order valence-electron chi connectivity index (χ3n) is 4.91. The molecule has 3 heterocycles. The molecule has 0 N–H and O–H groups in total. The van der Waals surface area contributed by atoms with Crippen LogP contribution >= 0.6 is 11.8 Å². The largest absolute Gasteiger partial charge is 0.353 e. The average molecular weight is 394 g/mol. The van der Waals surface area contributed by atoms with Crippen molar-refractivity contribution in [3.05, 3.63) is 66.2 Å². The maximum absolute atomic E-state index is 12.8. The lowest BCUT2D eigenvalue weighted by Gasteiger charge is -2.35. The van der Waals surface area contributed by atoms with Gasteiger partial charge < -0.3 is 14.4 Å². The molecule has 6 nitrogen and oxygen atoms in total. The standard InChI is InChI=1S/C21H23N5OS/c1-16-22-19(24-9-3-4-10-24)15-20(23-16)25-11-13-26(14-12-25)21(27)17-5-7-18(28-2)8-6-17/h3-10,15H,11-14H2,1-2H3. The van der Waals surface area contributed by atoms with Crippen LogP contribution in [-0.2, 0) is 0 Å². The zero-order chi connectivity index (χ0) is 19.5. The molecule has 0 radical (unpaired) electrons. The molecule has 144 valence electrons. The highest BCUT2D eigenvalue weighted by atomic mass is 32.2. The molecule has 1 aliphatic heterocycles. The number of hydrogen-bond donors (Lipinski definition) is 0. The first kappa shape index (κ1) is 18.6. The molecule has 0 atom stereocenters. The van der Waals surface area contributed by atoms with Crippen LogP contribution in [0.5, 0.6) is 0 Å². The Balaban J connectivity index is 1.44. The first-order valence-corrected chi connectivity index (χ1v) is 10.5. The van der Waals surface area contributed by atoms with Crippen molar-refractivity contribution in [2.75, 3.05) is 37.3 Å². The van der Waals surface area contributed by atoms with Crippen molar-refractivity contribution in [3.8, 4) is 5.82 Å². The molecule has 1 amide bonds. The van der Waals surface area contributed by atoms with E-state index in [1.165, 1.54) is 4.90 Å². The number of nitrogens with zero attached hydrogens (tertiary/aromatic N) is 5. The Morgan fingerprint density at radius 3 is 2.25 bits per heavy atom. The van der Waals surface area contributed by atoms with Gasteiger partial charge in [-0.1, -0.05) is 0 Å². The van der Waals surface area contributed by atoms with Gasteiger partial charge in [-0.25, -0.2) is 9.97 Å². The molecule has 0 bridgehead atoms. The lowest BCUT2D eigenvalue weighted by Crippen LogP contribution is -2.49. The number of hydrogen-bond acceptors (Lipinski definition) is 5. The third-order valence-corrected chi connectivity index (χ3v) is 5.65. The predicted molar refractivity (Wildman–Crippen MR) is 112 cm³/mol. The maximum Gasteiger partial charge on any atom is 0.253 e. The fraction of sp³-hybridized carbons (Fsp3) is 0.286. The summed E-state index contributed by atoms with van der Waals surface area (Å²) in [6, 6.07) is 13.8. The Bertz CT molecular complexity index is 947. The molecule has 1 aliphatic rings. The van der Waals surface area contributed by atoms with Crippen LogP contribution in [0.15, 0.2) is 59.8 Å². The van der Waals surface area contributed by atoms with Gasteiger partial charge >= 0.3 is 0 Å². The Morgan fingerprint density at radius 2 is 1.61 bits per heavy atom. The molecule has 3 aromatic rings. The average Bonchev–Trinajstić information content (AvgIpc) is 3.28. The number of carbonyl (C=O) groups is 1. The minimum Gasteiger partial charge on any atom is -0.353 e. The van der Waals surface area contributed by atoms with Gasteiger partial charge in [0.1, 0.15) is 17.5 Å². The quantitative estimate of drug-likeness (QED) is 0.637. The van der Waals surface area contributed by atoms with Crippen LogP contribution in [0.25, 0.3) is 5.82 Å². The van der Waals surface area contributed by atoms with Crippen molar-refractivity contribution in [2.24, 2.45) is 0 Å². The summed E-state index contributed by atoms with van der Waals surface area (Å²) in [7, 11) is 0. The number of aromatic nitrogens is 3. The molecule has 0 saturated carbocycles. The van der Waals surface area contributed by atoms with E-state index in [4.69, 9.17) is 0 Å². The molecule has 4 rings (SSSR count). The lowest BCUT2D eigenvalue weighted by molar-refractivity contribution is 0.0746. The second-order valence-electron chi connectivity index (χ2n) is 6.73. The predicted octanol–water partition coefficient (Wildman–Crippen LogP) is 3.26. The van der Waals surface area contributed by atoms with Crippen LogP contribution in [-0.4, -0.2) is 57.8 Å². The van der Waals surface area contributed by atoms with Crippen LogP contribution in [0.3, 0.4) is 0 Å². The molecular weight excluding hydrogens is 370 g/mol. The fourth-order valence-corrected chi connectivity index (χ4v) is 3.78. The van der Waals surface area contributed by atoms with E-state index in [2.05, 4.69) is 14.9 Å². The summed E-state index contributed by atoms with van der Waals surface area (Å²) in [5.74, 6) is 2.61. The number of piperazine rings is 1. The van der Waals surface area contributed by atoms with Gasteiger partial charge in [-0.05, 0) is 49.6 Å². The number of carbonyl (C=O) groups excluding carboxylic acids is 1. The maximum atomic E-state index is 12.8. The van der Waals surface area contributed by atoms with Crippen molar-refractivity contribution in [1.82, 2.24) is 19.4 Å². The Labute approximate surface area is 169 Å². The molecule has 1 aromatic carbocycles. The molecule has 0 spiro atoms. The highest BCUT2D eigenvalue weighted by Gasteiger charge is 2.23. The SMILES string of the molecule is CSc1ccc(C(=O)N2CCN(c3cc(-n4cccc4)nc(C)n3)CC2)cc1. The van der Waals surface area contributed by atoms with Crippen molar-refractivity contribution in [1.29, 1.82) is 0 Å². The number of anilines is 1. The number of aryl methyl sites for hydroxylation is 1. The van der Waals surface area contributed by atoms with Gasteiger partial charge in [0.15, 0.2) is 0 Å². The summed E-state index contributed by atoms with van der Waals surface area (Å²) < 4.78 is 1.98. The van der Waals surface area contributed by atoms with E-state index in [0.717, 1.165) is 36.1 Å². The molecular formula is C21H23N5OS. The highest BCUT2D eigenvalue weighted by molar-refractivity contribution is 7.98. The molecule has 2 aromatic heterocycles. The van der Waals surface area contributed by atoms with Crippen LogP contribution in [0.2, 0.25) is 0 Å². The molecule has 28 heavy (non-hydrogen) atoms. The number of thioether (sulfide) groups is 1. The van der Waals surface area contributed by atoms with Crippen LogP contribution in [0.1, 0.15) is 16.2 Å². The molecule has 1 saturated heterocycles. The number of rotatable bonds is 4. The Hall–Kier alpha value is -2.80. The fourth-order valence-electron chi connectivity index (χ4n) is 3.37. The summed E-state index contributed by atoms with van der Waals surface area (Å²) in [6.45, 7) is 4.80. The van der Waals surface area contributed by atoms with E-state index in [-0.39, 0.29) is 5.91 Å². The normalized spacial score (nSPS) is 14.4. The second kappa shape index (κ2) is 8.06. The summed E-state index contributed by atoms with van der Waals surface area (Å²) in [4.78, 5) is 27.2. The summed E-state index contributed by atoms with van der Waals surface area (Å²) in [6.07, 6.45) is 5.99. The van der Waals surface area contributed by atoms with Crippen LogP contribution < -0.4 is 4.90 Å². The van der Waals surface area contributed by atoms with Crippen molar-refractivity contribution < 1.29 is 4.79 Å². The number of amides is 1. The van der Waals surface area contributed by atoms with Gasteiger partial charge in [0, 0.05) is 55.1 Å². The van der Waals surface area contributed by atoms with Gasteiger partial charge in [-0.15, -0.1) is 11.8 Å².